The van der Waals surface area contributed by atoms with Gasteiger partial charge >= 0.3 is 0 Å². The minimum atomic E-state index is 0.516. The molecule has 1 aromatic rings. The van der Waals surface area contributed by atoms with Crippen molar-refractivity contribution in [2.45, 2.75) is 33.2 Å². The molecule has 1 unspecified atom stereocenters. The van der Waals surface area contributed by atoms with E-state index in [2.05, 4.69) is 19.2 Å². The van der Waals surface area contributed by atoms with Gasteiger partial charge in [-0.2, -0.15) is 0 Å². The standard InChI is InChI=1S/C15H24ClNO2/c1-5-6-11(2)10-19-15-13(16)7-12(9-17-3)8-14(15)18-4/h7-8,11,17H,5-6,9-10H2,1-4H3. The third kappa shape index (κ3) is 4.92. The molecule has 0 radical (unpaired) electrons. The normalized spacial score (nSPS) is 12.3. The fourth-order valence-electron chi connectivity index (χ4n) is 2.02. The zero-order chi connectivity index (χ0) is 14.3. The summed E-state index contributed by atoms with van der Waals surface area (Å²) in [6, 6.07) is 3.88. The van der Waals surface area contributed by atoms with Crippen molar-refractivity contribution in [3.05, 3.63) is 22.7 Å². The molecule has 1 atom stereocenters. The topological polar surface area (TPSA) is 30.5 Å². The maximum atomic E-state index is 6.28. The zero-order valence-corrected chi connectivity index (χ0v) is 13.0. The predicted octanol–water partition coefficient (Wildman–Crippen LogP) is 3.88. The van der Waals surface area contributed by atoms with Gasteiger partial charge in [0, 0.05) is 6.54 Å². The second kappa shape index (κ2) is 8.28. The van der Waals surface area contributed by atoms with Crippen LogP contribution in [0, 0.1) is 5.92 Å². The van der Waals surface area contributed by atoms with Crippen molar-refractivity contribution in [2.24, 2.45) is 5.92 Å². The Balaban J connectivity index is 2.81. The van der Waals surface area contributed by atoms with Crippen LogP contribution in [0.1, 0.15) is 32.3 Å². The van der Waals surface area contributed by atoms with Crippen molar-refractivity contribution in [1.82, 2.24) is 5.32 Å². The van der Waals surface area contributed by atoms with Gasteiger partial charge in [-0.1, -0.05) is 31.9 Å². The van der Waals surface area contributed by atoms with E-state index in [4.69, 9.17) is 21.1 Å². The van der Waals surface area contributed by atoms with Gasteiger partial charge in [0.25, 0.3) is 0 Å². The summed E-state index contributed by atoms with van der Waals surface area (Å²) in [5.74, 6) is 1.86. The van der Waals surface area contributed by atoms with E-state index in [1.165, 1.54) is 0 Å². The first-order valence-electron chi connectivity index (χ1n) is 6.76. The average molecular weight is 286 g/mol. The highest BCUT2D eigenvalue weighted by molar-refractivity contribution is 6.32. The number of hydrogen-bond donors (Lipinski definition) is 1. The molecule has 0 heterocycles. The van der Waals surface area contributed by atoms with Crippen LogP contribution in [0.15, 0.2) is 12.1 Å². The smallest absolute Gasteiger partial charge is 0.179 e. The Morgan fingerprint density at radius 3 is 2.68 bits per heavy atom. The van der Waals surface area contributed by atoms with Gasteiger partial charge in [-0.15, -0.1) is 0 Å². The SMILES string of the molecule is CCCC(C)COc1c(Cl)cc(CNC)cc1OC. The average Bonchev–Trinajstić information content (AvgIpc) is 2.37. The third-order valence-electron chi connectivity index (χ3n) is 2.96. The van der Waals surface area contributed by atoms with E-state index in [0.717, 1.165) is 24.9 Å². The molecular formula is C15H24ClNO2. The number of methoxy groups -OCH3 is 1. The maximum absolute atomic E-state index is 6.28. The molecule has 0 aliphatic rings. The second-order valence-electron chi connectivity index (χ2n) is 4.84. The lowest BCUT2D eigenvalue weighted by atomic mass is 10.1. The number of rotatable bonds is 8. The second-order valence-corrected chi connectivity index (χ2v) is 5.25. The molecule has 0 saturated carbocycles. The minimum absolute atomic E-state index is 0.516. The van der Waals surface area contributed by atoms with Crippen LogP contribution < -0.4 is 14.8 Å². The Morgan fingerprint density at radius 2 is 2.11 bits per heavy atom. The summed E-state index contributed by atoms with van der Waals surface area (Å²) in [5.41, 5.74) is 1.08. The number of hydrogen-bond acceptors (Lipinski definition) is 3. The van der Waals surface area contributed by atoms with Gasteiger partial charge in [0.2, 0.25) is 0 Å². The van der Waals surface area contributed by atoms with Gasteiger partial charge < -0.3 is 14.8 Å². The van der Waals surface area contributed by atoms with Crippen LogP contribution in [0.4, 0.5) is 0 Å². The molecule has 0 spiro atoms. The zero-order valence-electron chi connectivity index (χ0n) is 12.3. The highest BCUT2D eigenvalue weighted by atomic mass is 35.5. The van der Waals surface area contributed by atoms with Crippen LogP contribution in [-0.2, 0) is 6.54 Å². The fraction of sp³-hybridized carbons (Fsp3) is 0.600. The quantitative estimate of drug-likeness (QED) is 0.786. The Hall–Kier alpha value is -0.930. The number of halogens is 1. The first-order valence-corrected chi connectivity index (χ1v) is 7.13. The summed E-state index contributed by atoms with van der Waals surface area (Å²) in [6.07, 6.45) is 2.31. The molecule has 3 nitrogen and oxygen atoms in total. The molecule has 0 aliphatic heterocycles. The third-order valence-corrected chi connectivity index (χ3v) is 3.24. The molecule has 1 rings (SSSR count). The molecule has 0 aliphatic carbocycles. The van der Waals surface area contributed by atoms with Gasteiger partial charge in [-0.05, 0) is 37.1 Å². The van der Waals surface area contributed by atoms with Crippen LogP contribution in [-0.4, -0.2) is 20.8 Å². The van der Waals surface area contributed by atoms with E-state index in [1.807, 2.05) is 19.2 Å². The number of benzene rings is 1. The van der Waals surface area contributed by atoms with E-state index in [-0.39, 0.29) is 0 Å². The van der Waals surface area contributed by atoms with Crippen LogP contribution in [0.25, 0.3) is 0 Å². The Kier molecular flexibility index (Phi) is 7.03. The van der Waals surface area contributed by atoms with E-state index in [0.29, 0.717) is 29.0 Å². The van der Waals surface area contributed by atoms with Gasteiger partial charge in [-0.3, -0.25) is 0 Å². The Morgan fingerprint density at radius 1 is 1.37 bits per heavy atom. The van der Waals surface area contributed by atoms with Crippen LogP contribution in [0.3, 0.4) is 0 Å². The highest BCUT2D eigenvalue weighted by Crippen LogP contribution is 2.36. The van der Waals surface area contributed by atoms with Crippen molar-refractivity contribution in [1.29, 1.82) is 0 Å². The van der Waals surface area contributed by atoms with Gasteiger partial charge in [-0.25, -0.2) is 0 Å². The molecule has 1 N–H and O–H groups in total. The monoisotopic (exact) mass is 285 g/mol. The van der Waals surface area contributed by atoms with Crippen molar-refractivity contribution < 1.29 is 9.47 Å². The molecule has 1 aromatic carbocycles. The van der Waals surface area contributed by atoms with Crippen molar-refractivity contribution in [3.8, 4) is 11.5 Å². The minimum Gasteiger partial charge on any atom is -0.493 e. The summed E-state index contributed by atoms with van der Waals surface area (Å²) in [6.45, 7) is 5.77. The molecule has 0 fully saturated rings. The molecule has 0 saturated heterocycles. The Labute approximate surface area is 121 Å². The fourth-order valence-corrected chi connectivity index (χ4v) is 2.31. The predicted molar refractivity (Wildman–Crippen MR) is 80.3 cm³/mol. The largest absolute Gasteiger partial charge is 0.493 e. The lowest BCUT2D eigenvalue weighted by molar-refractivity contribution is 0.240. The van der Waals surface area contributed by atoms with Crippen LogP contribution in [0.5, 0.6) is 11.5 Å². The van der Waals surface area contributed by atoms with E-state index >= 15 is 0 Å². The lowest BCUT2D eigenvalue weighted by Crippen LogP contribution is -2.10. The lowest BCUT2D eigenvalue weighted by Gasteiger charge is -2.16. The first-order chi connectivity index (χ1) is 9.12. The highest BCUT2D eigenvalue weighted by Gasteiger charge is 2.13. The van der Waals surface area contributed by atoms with Crippen LogP contribution >= 0.6 is 11.6 Å². The number of nitrogens with one attached hydrogen (secondary N) is 1. The summed E-state index contributed by atoms with van der Waals surface area (Å²) >= 11 is 6.28. The van der Waals surface area contributed by atoms with Crippen molar-refractivity contribution >= 4 is 11.6 Å². The Bertz CT molecular complexity index is 396. The van der Waals surface area contributed by atoms with Gasteiger partial charge in [0.1, 0.15) is 0 Å². The van der Waals surface area contributed by atoms with Gasteiger partial charge in [0.15, 0.2) is 11.5 Å². The first kappa shape index (κ1) is 16.1. The van der Waals surface area contributed by atoms with Crippen LogP contribution in [0.2, 0.25) is 5.02 Å². The van der Waals surface area contributed by atoms with Crippen molar-refractivity contribution in [3.63, 3.8) is 0 Å². The van der Waals surface area contributed by atoms with E-state index in [1.54, 1.807) is 7.11 Å². The molecule has 108 valence electrons. The summed E-state index contributed by atoms with van der Waals surface area (Å²) in [7, 11) is 3.54. The summed E-state index contributed by atoms with van der Waals surface area (Å²) in [5, 5.41) is 3.70. The van der Waals surface area contributed by atoms with Crippen molar-refractivity contribution in [2.75, 3.05) is 20.8 Å². The number of ether oxygens (including phenoxy) is 2. The molecule has 19 heavy (non-hydrogen) atoms. The van der Waals surface area contributed by atoms with Gasteiger partial charge in [0.05, 0.1) is 18.7 Å². The molecule has 0 amide bonds. The maximum Gasteiger partial charge on any atom is 0.179 e. The molecule has 4 heteroatoms. The molecule has 0 aromatic heterocycles. The summed E-state index contributed by atoms with van der Waals surface area (Å²) in [4.78, 5) is 0. The summed E-state index contributed by atoms with van der Waals surface area (Å²) < 4.78 is 11.2. The molecular weight excluding hydrogens is 262 g/mol. The van der Waals surface area contributed by atoms with E-state index < -0.39 is 0 Å². The molecule has 0 bridgehead atoms. The van der Waals surface area contributed by atoms with E-state index in [9.17, 15) is 0 Å².